The summed E-state index contributed by atoms with van der Waals surface area (Å²) in [6, 6.07) is 19.1. The van der Waals surface area contributed by atoms with E-state index in [0.29, 0.717) is 19.4 Å². The third kappa shape index (κ3) is 6.38. The Hall–Kier alpha value is -3.74. The van der Waals surface area contributed by atoms with Crippen molar-refractivity contribution in [1.29, 1.82) is 0 Å². The molecule has 2 N–H and O–H groups in total. The van der Waals surface area contributed by atoms with E-state index in [9.17, 15) is 14.7 Å². The van der Waals surface area contributed by atoms with Crippen LogP contribution in [0.4, 0.5) is 0 Å². The van der Waals surface area contributed by atoms with Crippen molar-refractivity contribution in [3.63, 3.8) is 0 Å². The van der Waals surface area contributed by atoms with Crippen molar-refractivity contribution in [2.45, 2.75) is 32.7 Å². The molecule has 166 valence electrons. The number of nitrogens with zero attached hydrogens (tertiary/aromatic N) is 2. The highest BCUT2D eigenvalue weighted by Gasteiger charge is 2.23. The molecule has 0 aliphatic carbocycles. The monoisotopic (exact) mass is 433 g/mol. The average Bonchev–Trinajstić information content (AvgIpc) is 2.80. The lowest BCUT2D eigenvalue weighted by Crippen LogP contribution is -2.39. The topological polar surface area (TPSA) is 101 Å². The second kappa shape index (κ2) is 11.0. The molecule has 1 heterocycles. The van der Waals surface area contributed by atoms with Crippen LogP contribution in [0.2, 0.25) is 0 Å². The maximum Gasteiger partial charge on any atom is 0.308 e. The second-order valence-corrected chi connectivity index (χ2v) is 7.59. The molecule has 0 aliphatic heterocycles. The minimum absolute atomic E-state index is 0.0608. The number of aromatic hydroxyl groups is 1. The first kappa shape index (κ1) is 22.9. The Balaban J connectivity index is 1.75. The van der Waals surface area contributed by atoms with Gasteiger partial charge in [-0.1, -0.05) is 61.5 Å². The first-order valence-electron chi connectivity index (χ1n) is 10.6. The molecule has 0 aliphatic rings. The molecule has 0 radical (unpaired) electrons. The van der Waals surface area contributed by atoms with E-state index >= 15 is 0 Å². The second-order valence-electron chi connectivity index (χ2n) is 7.59. The van der Waals surface area contributed by atoms with Crippen LogP contribution in [0.15, 0.2) is 67.0 Å². The fourth-order valence-electron chi connectivity index (χ4n) is 3.48. The zero-order valence-electron chi connectivity index (χ0n) is 18.2. The quantitative estimate of drug-likeness (QED) is 0.498. The normalized spacial score (nSPS) is 12.6. The van der Waals surface area contributed by atoms with Gasteiger partial charge < -0.3 is 15.2 Å². The molecule has 0 unspecified atom stereocenters. The van der Waals surface area contributed by atoms with Gasteiger partial charge in [0, 0.05) is 12.1 Å². The molecule has 0 spiro atoms. The molecular formula is C25H27N3O4. The standard InChI is InChI=1S/C25H27N3O4/c1-3-32-25(31)17(2)13-21(28-24(30)22-15-23(29)27-16-26-22)14-18-9-11-20(12-10-18)19-7-5-4-6-8-19/h4-12,15-17,21H,3,13-14H2,1-2H3,(H,28,30)(H,26,27,29)/t17-,21+/m1/s1. The Labute approximate surface area is 187 Å². The van der Waals surface area contributed by atoms with Crippen molar-refractivity contribution < 1.29 is 19.4 Å². The number of esters is 1. The highest BCUT2D eigenvalue weighted by Crippen LogP contribution is 2.21. The van der Waals surface area contributed by atoms with Gasteiger partial charge in [-0.3, -0.25) is 9.59 Å². The summed E-state index contributed by atoms with van der Waals surface area (Å²) in [5.74, 6) is -1.41. The van der Waals surface area contributed by atoms with E-state index in [1.165, 1.54) is 6.07 Å². The van der Waals surface area contributed by atoms with Crippen molar-refractivity contribution in [2.24, 2.45) is 5.92 Å². The van der Waals surface area contributed by atoms with Crippen LogP contribution in [0, 0.1) is 5.92 Å². The SMILES string of the molecule is CCOC(=O)[C@H](C)C[C@@H](Cc1ccc(-c2ccccc2)cc1)NC(=O)c1cc(O)ncn1. The first-order chi connectivity index (χ1) is 15.5. The molecule has 2 aromatic carbocycles. The Morgan fingerprint density at radius 1 is 1.03 bits per heavy atom. The van der Waals surface area contributed by atoms with Gasteiger partial charge in [-0.15, -0.1) is 0 Å². The molecule has 1 amide bonds. The Kier molecular flexibility index (Phi) is 7.91. The van der Waals surface area contributed by atoms with Crippen LogP contribution < -0.4 is 5.32 Å². The number of hydrogen-bond donors (Lipinski definition) is 2. The summed E-state index contributed by atoms with van der Waals surface area (Å²) in [6.45, 7) is 3.85. The number of benzene rings is 2. The van der Waals surface area contributed by atoms with Crippen molar-refractivity contribution in [3.8, 4) is 17.0 Å². The molecule has 0 saturated carbocycles. The number of ether oxygens (including phenoxy) is 1. The predicted molar refractivity (Wildman–Crippen MR) is 121 cm³/mol. The van der Waals surface area contributed by atoms with Crippen LogP contribution in [-0.4, -0.2) is 39.6 Å². The van der Waals surface area contributed by atoms with Gasteiger partial charge in [0.25, 0.3) is 5.91 Å². The van der Waals surface area contributed by atoms with Gasteiger partial charge in [-0.05, 0) is 36.5 Å². The van der Waals surface area contributed by atoms with Crippen molar-refractivity contribution in [1.82, 2.24) is 15.3 Å². The summed E-state index contributed by atoms with van der Waals surface area (Å²) in [4.78, 5) is 32.3. The molecule has 32 heavy (non-hydrogen) atoms. The molecule has 2 atom stereocenters. The summed E-state index contributed by atoms with van der Waals surface area (Å²) < 4.78 is 5.12. The van der Waals surface area contributed by atoms with E-state index in [1.54, 1.807) is 13.8 Å². The number of aromatic nitrogens is 2. The number of carbonyl (C=O) groups is 2. The minimum Gasteiger partial charge on any atom is -0.493 e. The zero-order valence-corrected chi connectivity index (χ0v) is 18.2. The highest BCUT2D eigenvalue weighted by molar-refractivity contribution is 5.92. The molecule has 0 bridgehead atoms. The summed E-state index contributed by atoms with van der Waals surface area (Å²) in [7, 11) is 0. The van der Waals surface area contributed by atoms with E-state index in [0.717, 1.165) is 23.0 Å². The number of amides is 1. The minimum atomic E-state index is -0.440. The zero-order chi connectivity index (χ0) is 22.9. The lowest BCUT2D eigenvalue weighted by molar-refractivity contribution is -0.147. The van der Waals surface area contributed by atoms with Gasteiger partial charge >= 0.3 is 5.97 Å². The van der Waals surface area contributed by atoms with Gasteiger partial charge in [0.05, 0.1) is 12.5 Å². The maximum atomic E-state index is 12.7. The van der Waals surface area contributed by atoms with Crippen LogP contribution in [-0.2, 0) is 16.0 Å². The summed E-state index contributed by atoms with van der Waals surface area (Å²) in [5.41, 5.74) is 3.32. The van der Waals surface area contributed by atoms with Crippen LogP contribution >= 0.6 is 0 Å². The molecule has 0 fully saturated rings. The van der Waals surface area contributed by atoms with Gasteiger partial charge in [0.15, 0.2) is 0 Å². The third-order valence-corrected chi connectivity index (χ3v) is 5.09. The average molecular weight is 434 g/mol. The van der Waals surface area contributed by atoms with Crippen LogP contribution in [0.5, 0.6) is 5.88 Å². The van der Waals surface area contributed by atoms with Crippen LogP contribution in [0.3, 0.4) is 0 Å². The van der Waals surface area contributed by atoms with Crippen molar-refractivity contribution >= 4 is 11.9 Å². The summed E-state index contributed by atoms with van der Waals surface area (Å²) in [6.07, 6.45) is 2.06. The fraction of sp³-hybridized carbons (Fsp3) is 0.280. The van der Waals surface area contributed by atoms with Crippen molar-refractivity contribution in [3.05, 3.63) is 78.2 Å². The summed E-state index contributed by atoms with van der Waals surface area (Å²) >= 11 is 0. The molecule has 1 aromatic heterocycles. The lowest BCUT2D eigenvalue weighted by atomic mass is 9.94. The largest absolute Gasteiger partial charge is 0.493 e. The number of hydrogen-bond acceptors (Lipinski definition) is 6. The number of nitrogens with one attached hydrogen (secondary N) is 1. The molecular weight excluding hydrogens is 406 g/mol. The summed E-state index contributed by atoms with van der Waals surface area (Å²) in [5, 5.41) is 12.5. The lowest BCUT2D eigenvalue weighted by Gasteiger charge is -2.22. The van der Waals surface area contributed by atoms with Gasteiger partial charge in [0.2, 0.25) is 5.88 Å². The fourth-order valence-corrected chi connectivity index (χ4v) is 3.48. The molecule has 3 aromatic rings. The first-order valence-corrected chi connectivity index (χ1v) is 10.6. The third-order valence-electron chi connectivity index (χ3n) is 5.09. The van der Waals surface area contributed by atoms with E-state index in [-0.39, 0.29) is 29.5 Å². The van der Waals surface area contributed by atoms with E-state index in [1.807, 2.05) is 42.5 Å². The Morgan fingerprint density at radius 3 is 2.38 bits per heavy atom. The maximum absolute atomic E-state index is 12.7. The van der Waals surface area contributed by atoms with E-state index in [4.69, 9.17) is 4.74 Å². The highest BCUT2D eigenvalue weighted by atomic mass is 16.5. The molecule has 0 saturated heterocycles. The molecule has 7 heteroatoms. The van der Waals surface area contributed by atoms with Gasteiger partial charge in [-0.25, -0.2) is 9.97 Å². The van der Waals surface area contributed by atoms with E-state index in [2.05, 4.69) is 27.4 Å². The molecule has 7 nitrogen and oxygen atoms in total. The Morgan fingerprint density at radius 2 is 1.72 bits per heavy atom. The predicted octanol–water partition coefficient (Wildman–Crippen LogP) is 3.78. The Bertz CT molecular complexity index is 1040. The van der Waals surface area contributed by atoms with Crippen LogP contribution in [0.25, 0.3) is 11.1 Å². The van der Waals surface area contributed by atoms with Crippen molar-refractivity contribution in [2.75, 3.05) is 6.61 Å². The number of carbonyl (C=O) groups excluding carboxylic acids is 2. The van der Waals surface area contributed by atoms with E-state index < -0.39 is 5.91 Å². The smallest absolute Gasteiger partial charge is 0.308 e. The van der Waals surface area contributed by atoms with Gasteiger partial charge in [-0.2, -0.15) is 0 Å². The molecule has 3 rings (SSSR count). The number of rotatable bonds is 9. The van der Waals surface area contributed by atoms with Gasteiger partial charge in [0.1, 0.15) is 12.0 Å². The van der Waals surface area contributed by atoms with Crippen LogP contribution in [0.1, 0.15) is 36.3 Å².